The van der Waals surface area contributed by atoms with Crippen LogP contribution in [0.4, 0.5) is 0 Å². The summed E-state index contributed by atoms with van der Waals surface area (Å²) in [6.07, 6.45) is 6.18. The number of Topliss-reactive ketones (excluding diaryl/α,β-unsaturated/α-hetero) is 1. The first kappa shape index (κ1) is 13.3. The number of rotatable bonds is 6. The van der Waals surface area contributed by atoms with Crippen molar-refractivity contribution in [3.63, 3.8) is 0 Å². The van der Waals surface area contributed by atoms with E-state index in [-0.39, 0.29) is 5.78 Å². The lowest BCUT2D eigenvalue weighted by Crippen LogP contribution is -2.11. The zero-order chi connectivity index (χ0) is 13.7. The summed E-state index contributed by atoms with van der Waals surface area (Å²) in [6, 6.07) is 3.84. The van der Waals surface area contributed by atoms with Crippen LogP contribution in [0.2, 0.25) is 0 Å². The molecule has 0 saturated heterocycles. The summed E-state index contributed by atoms with van der Waals surface area (Å²) in [6.45, 7) is 2.60. The van der Waals surface area contributed by atoms with Crippen LogP contribution in [0.5, 0.6) is 5.75 Å². The van der Waals surface area contributed by atoms with Gasteiger partial charge >= 0.3 is 0 Å². The summed E-state index contributed by atoms with van der Waals surface area (Å²) in [5.41, 5.74) is 1.66. The molecule has 2 heterocycles. The van der Waals surface area contributed by atoms with Crippen molar-refractivity contribution < 1.29 is 9.53 Å². The average Bonchev–Trinajstić information content (AvgIpc) is 2.89. The number of carbonyl (C=O) groups excluding carboxylic acids is 1. The van der Waals surface area contributed by atoms with Crippen molar-refractivity contribution in [1.82, 2.24) is 14.8 Å². The number of pyridine rings is 1. The largest absolute Gasteiger partial charge is 0.493 e. The molecule has 0 spiro atoms. The predicted molar refractivity (Wildman–Crippen MR) is 71.3 cm³/mol. The molecule has 0 aliphatic rings. The Morgan fingerprint density at radius 2 is 2.11 bits per heavy atom. The van der Waals surface area contributed by atoms with Crippen molar-refractivity contribution in [2.75, 3.05) is 7.11 Å². The van der Waals surface area contributed by atoms with Crippen molar-refractivity contribution in [3.05, 3.63) is 42.0 Å². The molecule has 0 bridgehead atoms. The Bertz CT molecular complexity index is 528. The lowest BCUT2D eigenvalue weighted by Gasteiger charge is -2.06. The van der Waals surface area contributed by atoms with Gasteiger partial charge in [-0.2, -0.15) is 5.10 Å². The van der Waals surface area contributed by atoms with Gasteiger partial charge in [-0.3, -0.25) is 14.5 Å². The molecule has 2 rings (SSSR count). The van der Waals surface area contributed by atoms with E-state index in [4.69, 9.17) is 4.74 Å². The minimum Gasteiger partial charge on any atom is -0.493 e. The van der Waals surface area contributed by atoms with Gasteiger partial charge in [0.05, 0.1) is 13.3 Å². The SMILES string of the molecule is CCn1ncc(OC)c1C(=O)CCc1ccncc1. The monoisotopic (exact) mass is 259 g/mol. The summed E-state index contributed by atoms with van der Waals surface area (Å²) in [7, 11) is 1.55. The van der Waals surface area contributed by atoms with Gasteiger partial charge in [0.15, 0.2) is 11.5 Å². The van der Waals surface area contributed by atoms with Gasteiger partial charge in [0.25, 0.3) is 0 Å². The highest BCUT2D eigenvalue weighted by Gasteiger charge is 2.18. The van der Waals surface area contributed by atoms with Gasteiger partial charge in [-0.25, -0.2) is 0 Å². The van der Waals surface area contributed by atoms with Crippen LogP contribution in [0.3, 0.4) is 0 Å². The van der Waals surface area contributed by atoms with Crippen molar-refractivity contribution >= 4 is 5.78 Å². The molecule has 0 radical (unpaired) electrons. The predicted octanol–water partition coefficient (Wildman–Crippen LogP) is 2.12. The highest BCUT2D eigenvalue weighted by Crippen LogP contribution is 2.20. The van der Waals surface area contributed by atoms with E-state index in [1.54, 1.807) is 30.4 Å². The molecule has 0 aliphatic heterocycles. The number of ether oxygens (including phenoxy) is 1. The average molecular weight is 259 g/mol. The number of hydrogen-bond acceptors (Lipinski definition) is 4. The fourth-order valence-corrected chi connectivity index (χ4v) is 1.96. The molecule has 0 atom stereocenters. The van der Waals surface area contributed by atoms with Crippen LogP contribution < -0.4 is 4.74 Å². The van der Waals surface area contributed by atoms with Crippen molar-refractivity contribution in [2.24, 2.45) is 0 Å². The topological polar surface area (TPSA) is 57.0 Å². The lowest BCUT2D eigenvalue weighted by molar-refractivity contribution is 0.0969. The zero-order valence-electron chi connectivity index (χ0n) is 11.2. The van der Waals surface area contributed by atoms with Crippen LogP contribution in [0, 0.1) is 0 Å². The van der Waals surface area contributed by atoms with E-state index >= 15 is 0 Å². The van der Waals surface area contributed by atoms with Gasteiger partial charge in [0, 0.05) is 25.4 Å². The first-order valence-corrected chi connectivity index (χ1v) is 6.28. The summed E-state index contributed by atoms with van der Waals surface area (Å²) in [5, 5.41) is 4.14. The Balaban J connectivity index is 2.09. The van der Waals surface area contributed by atoms with Crippen molar-refractivity contribution in [3.8, 4) is 5.75 Å². The van der Waals surface area contributed by atoms with Gasteiger partial charge in [0.2, 0.25) is 0 Å². The minimum absolute atomic E-state index is 0.0491. The normalized spacial score (nSPS) is 10.4. The van der Waals surface area contributed by atoms with Crippen LogP contribution in [-0.4, -0.2) is 27.7 Å². The van der Waals surface area contributed by atoms with E-state index in [0.717, 1.165) is 5.56 Å². The van der Waals surface area contributed by atoms with Gasteiger partial charge in [-0.15, -0.1) is 0 Å². The molecule has 0 fully saturated rings. The first-order valence-electron chi connectivity index (χ1n) is 6.28. The van der Waals surface area contributed by atoms with E-state index in [9.17, 15) is 4.79 Å². The van der Waals surface area contributed by atoms with Crippen LogP contribution in [0.15, 0.2) is 30.7 Å². The summed E-state index contributed by atoms with van der Waals surface area (Å²) in [4.78, 5) is 16.2. The molecule has 0 saturated carbocycles. The number of carbonyl (C=O) groups is 1. The fraction of sp³-hybridized carbons (Fsp3) is 0.357. The van der Waals surface area contributed by atoms with Crippen LogP contribution >= 0.6 is 0 Å². The molecule has 5 heteroatoms. The maximum atomic E-state index is 12.3. The molecule has 100 valence electrons. The lowest BCUT2D eigenvalue weighted by atomic mass is 10.1. The number of ketones is 1. The standard InChI is InChI=1S/C14H17N3O2/c1-3-17-14(13(19-2)10-16-17)12(18)5-4-11-6-8-15-9-7-11/h6-10H,3-5H2,1-2H3. The summed E-state index contributed by atoms with van der Waals surface area (Å²) >= 11 is 0. The van der Waals surface area contributed by atoms with E-state index in [2.05, 4.69) is 10.1 Å². The molecule has 0 aromatic carbocycles. The third kappa shape index (κ3) is 2.99. The van der Waals surface area contributed by atoms with E-state index in [0.29, 0.717) is 30.8 Å². The Hall–Kier alpha value is -2.17. The molecule has 2 aromatic heterocycles. The second-order valence-corrected chi connectivity index (χ2v) is 4.16. The molecule has 0 unspecified atom stereocenters. The zero-order valence-corrected chi connectivity index (χ0v) is 11.2. The smallest absolute Gasteiger partial charge is 0.185 e. The van der Waals surface area contributed by atoms with E-state index < -0.39 is 0 Å². The molecule has 5 nitrogen and oxygen atoms in total. The molecule has 2 aromatic rings. The molecule has 19 heavy (non-hydrogen) atoms. The third-order valence-corrected chi connectivity index (χ3v) is 2.98. The Morgan fingerprint density at radius 1 is 1.37 bits per heavy atom. The van der Waals surface area contributed by atoms with Crippen molar-refractivity contribution in [1.29, 1.82) is 0 Å². The van der Waals surface area contributed by atoms with Gasteiger partial charge in [-0.1, -0.05) is 0 Å². The van der Waals surface area contributed by atoms with E-state index in [1.165, 1.54) is 0 Å². The molecule has 0 N–H and O–H groups in total. The molecular weight excluding hydrogens is 242 g/mol. The number of aryl methyl sites for hydroxylation is 2. The van der Waals surface area contributed by atoms with Crippen molar-refractivity contribution in [2.45, 2.75) is 26.3 Å². The fourth-order valence-electron chi connectivity index (χ4n) is 1.96. The first-order chi connectivity index (χ1) is 9.26. The number of nitrogens with zero attached hydrogens (tertiary/aromatic N) is 3. The van der Waals surface area contributed by atoms with Crippen LogP contribution in [0.1, 0.15) is 29.4 Å². The highest BCUT2D eigenvalue weighted by molar-refractivity contribution is 5.97. The number of methoxy groups -OCH3 is 1. The third-order valence-electron chi connectivity index (χ3n) is 2.98. The minimum atomic E-state index is 0.0491. The Kier molecular flexibility index (Phi) is 4.28. The Labute approximate surface area is 112 Å². The molecular formula is C14H17N3O2. The quantitative estimate of drug-likeness (QED) is 0.746. The van der Waals surface area contributed by atoms with Crippen LogP contribution in [-0.2, 0) is 13.0 Å². The molecule has 0 aliphatic carbocycles. The highest BCUT2D eigenvalue weighted by atomic mass is 16.5. The second-order valence-electron chi connectivity index (χ2n) is 4.16. The van der Waals surface area contributed by atoms with E-state index in [1.807, 2.05) is 19.1 Å². The van der Waals surface area contributed by atoms with Gasteiger partial charge < -0.3 is 4.74 Å². The Morgan fingerprint density at radius 3 is 2.74 bits per heavy atom. The summed E-state index contributed by atoms with van der Waals surface area (Å²) < 4.78 is 6.86. The van der Waals surface area contributed by atoms with Gasteiger partial charge in [0.1, 0.15) is 5.69 Å². The molecule has 0 amide bonds. The number of hydrogen-bond donors (Lipinski definition) is 0. The second kappa shape index (κ2) is 6.13. The maximum Gasteiger partial charge on any atom is 0.185 e. The van der Waals surface area contributed by atoms with Crippen LogP contribution in [0.25, 0.3) is 0 Å². The van der Waals surface area contributed by atoms with Gasteiger partial charge in [-0.05, 0) is 31.0 Å². The summed E-state index contributed by atoms with van der Waals surface area (Å²) in [5.74, 6) is 0.592. The number of aromatic nitrogens is 3. The maximum absolute atomic E-state index is 12.3.